The zero-order chi connectivity index (χ0) is 13.0. The predicted octanol–water partition coefficient (Wildman–Crippen LogP) is 4.07. The Morgan fingerprint density at radius 2 is 1.78 bits per heavy atom. The van der Waals surface area contributed by atoms with Crippen molar-refractivity contribution in [3.8, 4) is 11.8 Å². The van der Waals surface area contributed by atoms with Gasteiger partial charge in [-0.15, -0.1) is 0 Å². The number of hydrogen-bond donors (Lipinski definition) is 1. The van der Waals surface area contributed by atoms with E-state index in [2.05, 4.69) is 27.3 Å². The Labute approximate surface area is 114 Å². The molecule has 3 nitrogen and oxygen atoms in total. The Bertz CT molecular complexity index is 588. The number of nitrogens with one attached hydrogen (secondary N) is 1. The predicted molar refractivity (Wildman–Crippen MR) is 75.1 cm³/mol. The molecule has 0 amide bonds. The van der Waals surface area contributed by atoms with Gasteiger partial charge in [-0.2, -0.15) is 5.26 Å². The van der Waals surface area contributed by atoms with Crippen LogP contribution in [0.2, 0.25) is 0 Å². The lowest BCUT2D eigenvalue weighted by atomic mass is 10.2. The molecule has 2 aromatic rings. The number of nitriles is 1. The topological polar surface area (TPSA) is 45.0 Å². The van der Waals surface area contributed by atoms with E-state index in [0.29, 0.717) is 5.56 Å². The molecule has 0 fully saturated rings. The third-order valence-corrected chi connectivity index (χ3v) is 3.12. The number of nitrogens with zero attached hydrogens (tertiary/aromatic N) is 1. The minimum absolute atomic E-state index is 0.621. The first kappa shape index (κ1) is 12.5. The zero-order valence-corrected chi connectivity index (χ0v) is 11.4. The summed E-state index contributed by atoms with van der Waals surface area (Å²) in [6.07, 6.45) is 0. The van der Waals surface area contributed by atoms with Crippen LogP contribution >= 0.6 is 15.9 Å². The summed E-state index contributed by atoms with van der Waals surface area (Å²) in [5.74, 6) is 0.821. The zero-order valence-electron chi connectivity index (χ0n) is 9.77. The van der Waals surface area contributed by atoms with Crippen LogP contribution in [-0.4, -0.2) is 7.11 Å². The van der Waals surface area contributed by atoms with Gasteiger partial charge >= 0.3 is 0 Å². The van der Waals surface area contributed by atoms with Crippen LogP contribution in [0.5, 0.6) is 5.75 Å². The molecule has 1 N–H and O–H groups in total. The molecule has 0 aliphatic rings. The molecule has 0 saturated heterocycles. The maximum absolute atomic E-state index is 8.84. The third-order valence-electron chi connectivity index (χ3n) is 2.47. The first-order valence-corrected chi connectivity index (χ1v) is 6.13. The molecule has 0 aliphatic carbocycles. The van der Waals surface area contributed by atoms with E-state index in [1.165, 1.54) is 0 Å². The van der Waals surface area contributed by atoms with Crippen LogP contribution in [0.15, 0.2) is 46.9 Å². The van der Waals surface area contributed by atoms with Gasteiger partial charge in [0.25, 0.3) is 0 Å². The van der Waals surface area contributed by atoms with Crippen molar-refractivity contribution in [2.24, 2.45) is 0 Å². The summed E-state index contributed by atoms with van der Waals surface area (Å²) in [5, 5.41) is 12.1. The molecule has 0 atom stereocenters. The van der Waals surface area contributed by atoms with Gasteiger partial charge in [-0.05, 0) is 58.4 Å². The van der Waals surface area contributed by atoms with Gasteiger partial charge in [-0.3, -0.25) is 0 Å². The normalized spacial score (nSPS) is 9.61. The molecular weight excluding hydrogens is 292 g/mol. The lowest BCUT2D eigenvalue weighted by Crippen LogP contribution is -1.91. The summed E-state index contributed by atoms with van der Waals surface area (Å²) >= 11 is 3.36. The second-order valence-electron chi connectivity index (χ2n) is 3.66. The molecule has 2 rings (SSSR count). The fourth-order valence-corrected chi connectivity index (χ4v) is 1.99. The van der Waals surface area contributed by atoms with E-state index in [1.807, 2.05) is 36.4 Å². The van der Waals surface area contributed by atoms with Crippen molar-refractivity contribution in [2.75, 3.05) is 12.4 Å². The highest BCUT2D eigenvalue weighted by molar-refractivity contribution is 9.10. The van der Waals surface area contributed by atoms with Crippen LogP contribution in [0.25, 0.3) is 0 Å². The quantitative estimate of drug-likeness (QED) is 0.929. The minimum Gasteiger partial charge on any atom is -0.497 e. The summed E-state index contributed by atoms with van der Waals surface area (Å²) < 4.78 is 5.88. The summed E-state index contributed by atoms with van der Waals surface area (Å²) in [7, 11) is 1.64. The largest absolute Gasteiger partial charge is 0.497 e. The maximum atomic E-state index is 8.84. The number of benzene rings is 2. The van der Waals surface area contributed by atoms with Gasteiger partial charge in [0.1, 0.15) is 11.8 Å². The van der Waals surface area contributed by atoms with Crippen LogP contribution in [0.3, 0.4) is 0 Å². The first-order valence-electron chi connectivity index (χ1n) is 5.33. The number of ether oxygens (including phenoxy) is 1. The summed E-state index contributed by atoms with van der Waals surface area (Å²) in [6, 6.07) is 15.3. The Kier molecular flexibility index (Phi) is 3.85. The molecule has 0 bridgehead atoms. The highest BCUT2D eigenvalue weighted by atomic mass is 79.9. The van der Waals surface area contributed by atoms with Gasteiger partial charge in [0.15, 0.2) is 0 Å². The number of halogens is 1. The molecule has 18 heavy (non-hydrogen) atoms. The smallest absolute Gasteiger partial charge is 0.119 e. The molecule has 0 saturated carbocycles. The van der Waals surface area contributed by atoms with Crippen molar-refractivity contribution in [3.05, 3.63) is 52.5 Å². The highest BCUT2D eigenvalue weighted by Gasteiger charge is 2.01. The van der Waals surface area contributed by atoms with E-state index in [-0.39, 0.29) is 0 Å². The van der Waals surface area contributed by atoms with Gasteiger partial charge < -0.3 is 10.1 Å². The van der Waals surface area contributed by atoms with Crippen LogP contribution in [0, 0.1) is 11.3 Å². The molecule has 0 aliphatic heterocycles. The van der Waals surface area contributed by atoms with Gasteiger partial charge in [0, 0.05) is 15.8 Å². The molecular formula is C14H11BrN2O. The SMILES string of the molecule is COc1ccc(Nc2ccc(C#N)c(Br)c2)cc1. The van der Waals surface area contributed by atoms with Crippen molar-refractivity contribution < 1.29 is 4.74 Å². The molecule has 0 spiro atoms. The summed E-state index contributed by atoms with van der Waals surface area (Å²) in [6.45, 7) is 0. The van der Waals surface area contributed by atoms with Gasteiger partial charge in [0.2, 0.25) is 0 Å². The molecule has 0 radical (unpaired) electrons. The lowest BCUT2D eigenvalue weighted by molar-refractivity contribution is 0.415. The van der Waals surface area contributed by atoms with Crippen LogP contribution in [-0.2, 0) is 0 Å². The average molecular weight is 303 g/mol. The molecule has 2 aromatic carbocycles. The van der Waals surface area contributed by atoms with E-state index >= 15 is 0 Å². The Morgan fingerprint density at radius 3 is 2.33 bits per heavy atom. The van der Waals surface area contributed by atoms with Crippen LogP contribution < -0.4 is 10.1 Å². The third kappa shape index (κ3) is 2.82. The van der Waals surface area contributed by atoms with Crippen molar-refractivity contribution in [1.82, 2.24) is 0 Å². The number of hydrogen-bond acceptors (Lipinski definition) is 3. The van der Waals surface area contributed by atoms with E-state index < -0.39 is 0 Å². The van der Waals surface area contributed by atoms with E-state index in [0.717, 1.165) is 21.6 Å². The van der Waals surface area contributed by atoms with Crippen LogP contribution in [0.1, 0.15) is 5.56 Å². The number of anilines is 2. The lowest BCUT2D eigenvalue weighted by Gasteiger charge is -2.08. The Morgan fingerprint density at radius 1 is 1.11 bits per heavy atom. The molecule has 0 heterocycles. The fourth-order valence-electron chi connectivity index (χ4n) is 1.52. The van der Waals surface area contributed by atoms with Crippen molar-refractivity contribution in [2.45, 2.75) is 0 Å². The van der Waals surface area contributed by atoms with Gasteiger partial charge in [0.05, 0.1) is 12.7 Å². The summed E-state index contributed by atoms with van der Waals surface area (Å²) in [5.41, 5.74) is 2.51. The van der Waals surface area contributed by atoms with Crippen LogP contribution in [0.4, 0.5) is 11.4 Å². The van der Waals surface area contributed by atoms with Crippen molar-refractivity contribution >= 4 is 27.3 Å². The maximum Gasteiger partial charge on any atom is 0.119 e. The molecule has 4 heteroatoms. The molecule has 0 unspecified atom stereocenters. The van der Waals surface area contributed by atoms with Crippen molar-refractivity contribution in [3.63, 3.8) is 0 Å². The second-order valence-corrected chi connectivity index (χ2v) is 4.51. The fraction of sp³-hybridized carbons (Fsp3) is 0.0714. The van der Waals surface area contributed by atoms with Gasteiger partial charge in [-0.1, -0.05) is 0 Å². The molecule has 0 aromatic heterocycles. The number of methoxy groups -OCH3 is 1. The van der Waals surface area contributed by atoms with E-state index in [9.17, 15) is 0 Å². The second kappa shape index (κ2) is 5.56. The first-order chi connectivity index (χ1) is 8.72. The Balaban J connectivity index is 2.18. The highest BCUT2D eigenvalue weighted by Crippen LogP contribution is 2.24. The van der Waals surface area contributed by atoms with E-state index in [1.54, 1.807) is 13.2 Å². The summed E-state index contributed by atoms with van der Waals surface area (Å²) in [4.78, 5) is 0. The van der Waals surface area contributed by atoms with Gasteiger partial charge in [-0.25, -0.2) is 0 Å². The minimum atomic E-state index is 0.621. The Hall–Kier alpha value is -1.99. The van der Waals surface area contributed by atoms with E-state index in [4.69, 9.17) is 10.00 Å². The standard InChI is InChI=1S/C14H11BrN2O/c1-18-13-6-4-11(5-7-13)17-12-3-2-10(9-16)14(15)8-12/h2-8,17H,1H3. The monoisotopic (exact) mass is 302 g/mol. The molecule has 90 valence electrons. The average Bonchev–Trinajstić information content (AvgIpc) is 2.40. The number of rotatable bonds is 3. The van der Waals surface area contributed by atoms with Crippen molar-refractivity contribution in [1.29, 1.82) is 5.26 Å².